The molecule has 0 spiro atoms. The second kappa shape index (κ2) is 6.92. The van der Waals surface area contributed by atoms with Crippen molar-refractivity contribution in [3.63, 3.8) is 0 Å². The van der Waals surface area contributed by atoms with E-state index in [2.05, 4.69) is 44.1 Å². The van der Waals surface area contributed by atoms with Gasteiger partial charge in [0.2, 0.25) is 0 Å². The fraction of sp³-hybridized carbons (Fsp3) is 0.611. The van der Waals surface area contributed by atoms with Crippen LogP contribution in [-0.4, -0.2) is 10.9 Å². The van der Waals surface area contributed by atoms with Crippen molar-refractivity contribution < 1.29 is 5.21 Å². The number of aryl methyl sites for hydroxylation is 1. The summed E-state index contributed by atoms with van der Waals surface area (Å²) in [5.41, 5.74) is 4.89. The summed E-state index contributed by atoms with van der Waals surface area (Å²) in [4.78, 5) is 0. The minimum absolute atomic E-state index is 0.148. The van der Waals surface area contributed by atoms with Crippen LogP contribution in [0, 0.1) is 5.92 Å². The van der Waals surface area contributed by atoms with Crippen LogP contribution in [0.4, 0.5) is 0 Å². The molecule has 0 bridgehead atoms. The predicted octanol–water partition coefficient (Wildman–Crippen LogP) is 5.16. The highest BCUT2D eigenvalue weighted by Crippen LogP contribution is 2.42. The van der Waals surface area contributed by atoms with Crippen molar-refractivity contribution in [1.82, 2.24) is 0 Å². The van der Waals surface area contributed by atoms with E-state index in [4.69, 9.17) is 0 Å². The zero-order valence-corrected chi connectivity index (χ0v) is 13.8. The van der Waals surface area contributed by atoms with Gasteiger partial charge in [0, 0.05) is 5.56 Å². The highest BCUT2D eigenvalue weighted by Gasteiger charge is 2.36. The van der Waals surface area contributed by atoms with E-state index < -0.39 is 0 Å². The summed E-state index contributed by atoms with van der Waals surface area (Å²) in [7, 11) is 0. The van der Waals surface area contributed by atoms with Gasteiger partial charge < -0.3 is 5.21 Å². The Balaban J connectivity index is 0.000000956. The SMILES string of the molecule is CC.CC/C(=N/O)c1cccc2c1C(C)(C)C(C)CC2. The lowest BCUT2D eigenvalue weighted by Gasteiger charge is -2.40. The molecule has 0 amide bonds. The maximum absolute atomic E-state index is 9.21. The molecule has 2 heteroatoms. The Kier molecular flexibility index (Phi) is 5.79. The highest BCUT2D eigenvalue weighted by atomic mass is 16.4. The van der Waals surface area contributed by atoms with Crippen LogP contribution in [0.25, 0.3) is 0 Å². The molecular weight excluding hydrogens is 246 g/mol. The van der Waals surface area contributed by atoms with Gasteiger partial charge in [-0.25, -0.2) is 0 Å². The lowest BCUT2D eigenvalue weighted by atomic mass is 9.64. The van der Waals surface area contributed by atoms with Gasteiger partial charge in [-0.3, -0.25) is 0 Å². The molecule has 1 N–H and O–H groups in total. The van der Waals surface area contributed by atoms with E-state index in [-0.39, 0.29) is 5.41 Å². The smallest absolute Gasteiger partial charge is 0.0868 e. The quantitative estimate of drug-likeness (QED) is 0.451. The topological polar surface area (TPSA) is 32.6 Å². The minimum atomic E-state index is 0.148. The average molecular weight is 275 g/mol. The molecule has 0 saturated heterocycles. The largest absolute Gasteiger partial charge is 0.411 e. The first-order chi connectivity index (χ1) is 9.52. The van der Waals surface area contributed by atoms with E-state index >= 15 is 0 Å². The molecule has 1 aromatic carbocycles. The third-order valence-electron chi connectivity index (χ3n) is 4.64. The summed E-state index contributed by atoms with van der Waals surface area (Å²) in [5, 5.41) is 12.7. The zero-order chi connectivity index (χ0) is 15.3. The molecule has 20 heavy (non-hydrogen) atoms. The van der Waals surface area contributed by atoms with Crippen LogP contribution >= 0.6 is 0 Å². The Morgan fingerprint density at radius 1 is 1.35 bits per heavy atom. The van der Waals surface area contributed by atoms with E-state index in [0.717, 1.165) is 24.1 Å². The van der Waals surface area contributed by atoms with Crippen molar-refractivity contribution in [2.75, 3.05) is 0 Å². The maximum atomic E-state index is 9.21. The van der Waals surface area contributed by atoms with Gasteiger partial charge in [-0.05, 0) is 41.7 Å². The first-order valence-corrected chi connectivity index (χ1v) is 7.86. The van der Waals surface area contributed by atoms with Crippen molar-refractivity contribution in [2.24, 2.45) is 11.1 Å². The number of nitrogens with zero attached hydrogens (tertiary/aromatic N) is 1. The summed E-state index contributed by atoms with van der Waals surface area (Å²) in [6.07, 6.45) is 3.13. The van der Waals surface area contributed by atoms with Crippen molar-refractivity contribution in [3.8, 4) is 0 Å². The fourth-order valence-corrected chi connectivity index (χ4v) is 3.10. The van der Waals surface area contributed by atoms with Crippen LogP contribution in [0.1, 0.15) is 71.1 Å². The third kappa shape index (κ3) is 2.89. The van der Waals surface area contributed by atoms with Crippen LogP contribution in [0.2, 0.25) is 0 Å². The number of oxime groups is 1. The van der Waals surface area contributed by atoms with Gasteiger partial charge in [0.05, 0.1) is 5.71 Å². The Morgan fingerprint density at radius 2 is 2.00 bits per heavy atom. The van der Waals surface area contributed by atoms with Gasteiger partial charge in [0.15, 0.2) is 0 Å². The van der Waals surface area contributed by atoms with Gasteiger partial charge in [-0.15, -0.1) is 0 Å². The van der Waals surface area contributed by atoms with Crippen molar-refractivity contribution in [2.45, 2.75) is 66.2 Å². The summed E-state index contributed by atoms with van der Waals surface area (Å²) in [6.45, 7) is 13.0. The number of fused-ring (bicyclic) bond motifs is 1. The first-order valence-electron chi connectivity index (χ1n) is 7.86. The van der Waals surface area contributed by atoms with E-state index in [1.165, 1.54) is 17.5 Å². The second-order valence-electron chi connectivity index (χ2n) is 5.90. The van der Waals surface area contributed by atoms with E-state index in [1.54, 1.807) is 0 Å². The maximum Gasteiger partial charge on any atom is 0.0868 e. The summed E-state index contributed by atoms with van der Waals surface area (Å²) in [6, 6.07) is 6.40. The lowest BCUT2D eigenvalue weighted by molar-refractivity contribution is 0.300. The molecular formula is C18H29NO. The summed E-state index contributed by atoms with van der Waals surface area (Å²) < 4.78 is 0. The number of hydrogen-bond donors (Lipinski definition) is 1. The van der Waals surface area contributed by atoms with Crippen LogP contribution < -0.4 is 0 Å². The predicted molar refractivity (Wildman–Crippen MR) is 86.9 cm³/mol. The Hall–Kier alpha value is -1.31. The lowest BCUT2D eigenvalue weighted by Crippen LogP contribution is -2.34. The van der Waals surface area contributed by atoms with Crippen molar-refractivity contribution in [3.05, 3.63) is 34.9 Å². The van der Waals surface area contributed by atoms with Gasteiger partial charge >= 0.3 is 0 Å². The van der Waals surface area contributed by atoms with Gasteiger partial charge in [-0.2, -0.15) is 0 Å². The molecule has 1 unspecified atom stereocenters. The average Bonchev–Trinajstić information content (AvgIpc) is 2.47. The zero-order valence-electron chi connectivity index (χ0n) is 13.8. The molecule has 1 aliphatic carbocycles. The Morgan fingerprint density at radius 3 is 2.55 bits per heavy atom. The van der Waals surface area contributed by atoms with Crippen LogP contribution in [-0.2, 0) is 11.8 Å². The van der Waals surface area contributed by atoms with Gasteiger partial charge in [0.25, 0.3) is 0 Å². The highest BCUT2D eigenvalue weighted by molar-refractivity contribution is 6.01. The molecule has 0 heterocycles. The normalized spacial score (nSPS) is 20.7. The second-order valence-corrected chi connectivity index (χ2v) is 5.90. The summed E-state index contributed by atoms with van der Waals surface area (Å²) >= 11 is 0. The van der Waals surface area contributed by atoms with E-state index in [9.17, 15) is 5.21 Å². The van der Waals surface area contributed by atoms with E-state index in [1.807, 2.05) is 20.8 Å². The first kappa shape index (κ1) is 16.7. The molecule has 1 aliphatic rings. The number of hydrogen-bond acceptors (Lipinski definition) is 2. The molecule has 112 valence electrons. The van der Waals surface area contributed by atoms with Gasteiger partial charge in [-0.1, -0.05) is 64.9 Å². The number of benzene rings is 1. The monoisotopic (exact) mass is 275 g/mol. The molecule has 0 radical (unpaired) electrons. The third-order valence-corrected chi connectivity index (χ3v) is 4.64. The Labute approximate surface area is 123 Å². The van der Waals surface area contributed by atoms with Gasteiger partial charge in [0.1, 0.15) is 0 Å². The van der Waals surface area contributed by atoms with Crippen molar-refractivity contribution in [1.29, 1.82) is 0 Å². The summed E-state index contributed by atoms with van der Waals surface area (Å²) in [5.74, 6) is 0.656. The molecule has 0 saturated carbocycles. The molecule has 0 fully saturated rings. The molecule has 2 rings (SSSR count). The van der Waals surface area contributed by atoms with Crippen LogP contribution in [0.15, 0.2) is 23.4 Å². The van der Waals surface area contributed by atoms with Crippen LogP contribution in [0.5, 0.6) is 0 Å². The molecule has 0 aliphatic heterocycles. The molecule has 2 nitrogen and oxygen atoms in total. The number of rotatable bonds is 2. The minimum Gasteiger partial charge on any atom is -0.411 e. The van der Waals surface area contributed by atoms with Crippen molar-refractivity contribution >= 4 is 5.71 Å². The molecule has 1 aromatic rings. The molecule has 0 aromatic heterocycles. The molecule has 1 atom stereocenters. The standard InChI is InChI=1S/C16H23NO.C2H6/c1-5-14(17-18)13-8-6-7-12-10-9-11(2)16(3,4)15(12)13;1-2/h6-8,11,18H,5,9-10H2,1-4H3;1-2H3/b17-14-;. The fourth-order valence-electron chi connectivity index (χ4n) is 3.10. The van der Waals surface area contributed by atoms with Crippen LogP contribution in [0.3, 0.4) is 0 Å². The van der Waals surface area contributed by atoms with E-state index in [0.29, 0.717) is 5.92 Å². The Bertz CT molecular complexity index is 474.